The average molecular weight is 295 g/mol. The van der Waals surface area contributed by atoms with Gasteiger partial charge in [0.2, 0.25) is 10.0 Å². The molecule has 18 heavy (non-hydrogen) atoms. The molecule has 0 amide bonds. The van der Waals surface area contributed by atoms with E-state index in [0.717, 1.165) is 12.1 Å². The summed E-state index contributed by atoms with van der Waals surface area (Å²) in [6, 6.07) is 3.36. The fourth-order valence-corrected chi connectivity index (χ4v) is 2.55. The van der Waals surface area contributed by atoms with Gasteiger partial charge in [-0.05, 0) is 12.1 Å². The predicted molar refractivity (Wildman–Crippen MR) is 65.2 cm³/mol. The minimum absolute atomic E-state index is 0.0264. The lowest BCUT2D eigenvalue weighted by Crippen LogP contribution is -2.27. The number of nitro groups is 1. The van der Waals surface area contributed by atoms with Gasteiger partial charge in [0.25, 0.3) is 5.69 Å². The topological polar surface area (TPSA) is 98.5 Å². The first-order valence-electron chi connectivity index (χ1n) is 4.81. The molecule has 9 heteroatoms. The molecule has 0 aromatic heterocycles. The molecule has 0 saturated carbocycles. The molecule has 1 aromatic rings. The lowest BCUT2D eigenvalue weighted by Gasteiger charge is -2.06. The second-order valence-corrected chi connectivity index (χ2v) is 5.43. The number of rotatable bonds is 6. The van der Waals surface area contributed by atoms with E-state index in [0.29, 0.717) is 0 Å². The van der Waals surface area contributed by atoms with E-state index in [9.17, 15) is 18.5 Å². The first-order chi connectivity index (χ1) is 8.38. The van der Waals surface area contributed by atoms with Gasteiger partial charge in [-0.1, -0.05) is 11.6 Å². The molecule has 1 rings (SSSR count). The molecule has 1 aromatic carbocycles. The zero-order valence-corrected chi connectivity index (χ0v) is 11.0. The third-order valence-corrected chi connectivity index (χ3v) is 3.75. The molecule has 0 bridgehead atoms. The predicted octanol–water partition coefficient (Wildman–Crippen LogP) is 1.17. The van der Waals surface area contributed by atoms with Gasteiger partial charge in [0, 0.05) is 24.7 Å². The van der Waals surface area contributed by atoms with Crippen LogP contribution in [0.15, 0.2) is 23.1 Å². The van der Waals surface area contributed by atoms with E-state index in [1.807, 2.05) is 0 Å². The normalized spacial score (nSPS) is 11.4. The molecule has 7 nitrogen and oxygen atoms in total. The van der Waals surface area contributed by atoms with Crippen LogP contribution in [0.3, 0.4) is 0 Å². The summed E-state index contributed by atoms with van der Waals surface area (Å²) in [5, 5.41) is 10.9. The van der Waals surface area contributed by atoms with Crippen LogP contribution in [0.2, 0.25) is 5.02 Å². The number of ether oxygens (including phenoxy) is 1. The highest BCUT2D eigenvalue weighted by atomic mass is 35.5. The monoisotopic (exact) mass is 294 g/mol. The molecule has 1 N–H and O–H groups in total. The summed E-state index contributed by atoms with van der Waals surface area (Å²) in [6.45, 7) is 0.194. The Morgan fingerprint density at radius 1 is 1.50 bits per heavy atom. The lowest BCUT2D eigenvalue weighted by atomic mass is 10.3. The van der Waals surface area contributed by atoms with E-state index < -0.39 is 25.5 Å². The molecular weight excluding hydrogens is 284 g/mol. The molecule has 0 radical (unpaired) electrons. The van der Waals surface area contributed by atoms with Gasteiger partial charge < -0.3 is 4.74 Å². The van der Waals surface area contributed by atoms with Gasteiger partial charge in [0.15, 0.2) is 4.90 Å². The largest absolute Gasteiger partial charge is 0.383 e. The van der Waals surface area contributed by atoms with Gasteiger partial charge in [-0.25, -0.2) is 13.1 Å². The van der Waals surface area contributed by atoms with Gasteiger partial charge >= 0.3 is 0 Å². The van der Waals surface area contributed by atoms with Crippen molar-refractivity contribution in [1.29, 1.82) is 0 Å². The fourth-order valence-electron chi connectivity index (χ4n) is 1.22. The van der Waals surface area contributed by atoms with Crippen LogP contribution in [0.25, 0.3) is 0 Å². The molecule has 0 aliphatic carbocycles. The number of hydrogen-bond donors (Lipinski definition) is 1. The molecule has 0 spiro atoms. The van der Waals surface area contributed by atoms with Crippen LogP contribution in [0.1, 0.15) is 0 Å². The number of methoxy groups -OCH3 is 1. The van der Waals surface area contributed by atoms with Crippen LogP contribution in [0, 0.1) is 10.1 Å². The number of hydrogen-bond acceptors (Lipinski definition) is 5. The summed E-state index contributed by atoms with van der Waals surface area (Å²) < 4.78 is 30.5. The molecule has 100 valence electrons. The van der Waals surface area contributed by atoms with E-state index in [-0.39, 0.29) is 18.2 Å². The molecule has 0 unspecified atom stereocenters. The average Bonchev–Trinajstić information content (AvgIpc) is 2.28. The van der Waals surface area contributed by atoms with Crippen LogP contribution in [0.5, 0.6) is 0 Å². The maximum absolute atomic E-state index is 11.8. The van der Waals surface area contributed by atoms with Gasteiger partial charge in [0.1, 0.15) is 0 Å². The van der Waals surface area contributed by atoms with Crippen molar-refractivity contribution in [3.05, 3.63) is 33.3 Å². The molecule has 0 aliphatic rings. The van der Waals surface area contributed by atoms with Crippen molar-refractivity contribution >= 4 is 27.3 Å². The van der Waals surface area contributed by atoms with Gasteiger partial charge in [0.05, 0.1) is 11.5 Å². The van der Waals surface area contributed by atoms with Crippen molar-refractivity contribution in [1.82, 2.24) is 4.72 Å². The number of nitrogens with one attached hydrogen (secondary N) is 1. The summed E-state index contributed by atoms with van der Waals surface area (Å²) in [4.78, 5) is 9.56. The summed E-state index contributed by atoms with van der Waals surface area (Å²) in [7, 11) is -2.54. The van der Waals surface area contributed by atoms with E-state index in [1.54, 1.807) is 0 Å². The molecule has 0 atom stereocenters. The van der Waals surface area contributed by atoms with Crippen molar-refractivity contribution in [3.8, 4) is 0 Å². The van der Waals surface area contributed by atoms with Gasteiger partial charge in [-0.3, -0.25) is 10.1 Å². The SMILES string of the molecule is COCCNS(=O)(=O)c1ccc(Cl)cc1[N+](=O)[O-]. The minimum atomic E-state index is -3.96. The fraction of sp³-hybridized carbons (Fsp3) is 0.333. The highest BCUT2D eigenvalue weighted by Gasteiger charge is 2.25. The van der Waals surface area contributed by atoms with Crippen molar-refractivity contribution in [2.75, 3.05) is 20.3 Å². The van der Waals surface area contributed by atoms with Gasteiger partial charge in [-0.15, -0.1) is 0 Å². The van der Waals surface area contributed by atoms with Crippen LogP contribution in [-0.2, 0) is 14.8 Å². The number of benzene rings is 1. The second kappa shape index (κ2) is 6.10. The third-order valence-electron chi connectivity index (χ3n) is 2.01. The van der Waals surface area contributed by atoms with E-state index in [4.69, 9.17) is 11.6 Å². The van der Waals surface area contributed by atoms with E-state index >= 15 is 0 Å². The standard InChI is InChI=1S/C9H11ClN2O5S/c1-17-5-4-11-18(15,16)9-3-2-7(10)6-8(9)12(13)14/h2-3,6,11H,4-5H2,1H3. The molecule has 0 aliphatic heterocycles. The summed E-state index contributed by atoms with van der Waals surface area (Å²) in [5.74, 6) is 0. The minimum Gasteiger partial charge on any atom is -0.383 e. The summed E-state index contributed by atoms with van der Waals surface area (Å²) in [6.07, 6.45) is 0. The maximum Gasteiger partial charge on any atom is 0.290 e. The Kier molecular flexibility index (Phi) is 5.03. The number of nitrogens with zero attached hydrogens (tertiary/aromatic N) is 1. The van der Waals surface area contributed by atoms with Crippen molar-refractivity contribution in [2.45, 2.75) is 4.90 Å². The first kappa shape index (κ1) is 14.8. The number of halogens is 1. The Morgan fingerprint density at radius 3 is 2.72 bits per heavy atom. The quantitative estimate of drug-likeness (QED) is 0.482. The molecule has 0 fully saturated rings. The lowest BCUT2D eigenvalue weighted by molar-refractivity contribution is -0.387. The number of sulfonamides is 1. The third kappa shape index (κ3) is 3.64. The highest BCUT2D eigenvalue weighted by Crippen LogP contribution is 2.26. The smallest absolute Gasteiger partial charge is 0.290 e. The van der Waals surface area contributed by atoms with Crippen LogP contribution >= 0.6 is 11.6 Å². The van der Waals surface area contributed by atoms with Gasteiger partial charge in [-0.2, -0.15) is 0 Å². The van der Waals surface area contributed by atoms with Crippen LogP contribution < -0.4 is 4.72 Å². The Morgan fingerprint density at radius 2 is 2.17 bits per heavy atom. The van der Waals surface area contributed by atoms with Crippen LogP contribution in [0.4, 0.5) is 5.69 Å². The molecule has 0 heterocycles. The zero-order valence-electron chi connectivity index (χ0n) is 9.42. The van der Waals surface area contributed by atoms with Crippen LogP contribution in [-0.4, -0.2) is 33.6 Å². The maximum atomic E-state index is 11.8. The van der Waals surface area contributed by atoms with Crippen molar-refractivity contribution in [2.24, 2.45) is 0 Å². The summed E-state index contributed by atoms with van der Waals surface area (Å²) >= 11 is 5.60. The molecular formula is C9H11ClN2O5S. The zero-order chi connectivity index (χ0) is 13.8. The molecule has 0 saturated heterocycles. The Hall–Kier alpha value is -1.22. The number of nitro benzene ring substituents is 1. The Balaban J connectivity index is 3.12. The van der Waals surface area contributed by atoms with E-state index in [1.165, 1.54) is 13.2 Å². The first-order valence-corrected chi connectivity index (χ1v) is 6.67. The second-order valence-electron chi connectivity index (χ2n) is 3.26. The highest BCUT2D eigenvalue weighted by molar-refractivity contribution is 7.89. The Labute approximate surface area is 109 Å². The van der Waals surface area contributed by atoms with Crippen molar-refractivity contribution < 1.29 is 18.1 Å². The Bertz CT molecular complexity index is 546. The summed E-state index contributed by atoms with van der Waals surface area (Å²) in [5.41, 5.74) is -0.563. The van der Waals surface area contributed by atoms with Crippen molar-refractivity contribution in [3.63, 3.8) is 0 Å². The van der Waals surface area contributed by atoms with E-state index in [2.05, 4.69) is 9.46 Å².